The Morgan fingerprint density at radius 1 is 1.62 bits per heavy atom. The van der Waals surface area contributed by atoms with Crippen LogP contribution in [0.5, 0.6) is 0 Å². The first-order chi connectivity index (χ1) is 6.24. The Morgan fingerprint density at radius 2 is 2.38 bits per heavy atom. The molecule has 0 aliphatic carbocycles. The molecule has 1 saturated heterocycles. The molecule has 1 rings (SSSR count). The van der Waals surface area contributed by atoms with Crippen molar-refractivity contribution in [2.75, 3.05) is 19.7 Å². The minimum atomic E-state index is 0.428. The molecule has 3 nitrogen and oxygen atoms in total. The summed E-state index contributed by atoms with van der Waals surface area (Å²) in [4.78, 5) is 0. The van der Waals surface area contributed by atoms with E-state index >= 15 is 0 Å². The number of rotatable bonds is 5. The van der Waals surface area contributed by atoms with Crippen LogP contribution in [0.4, 0.5) is 0 Å². The smallest absolute Gasteiger partial charge is 0.0588 e. The highest BCUT2D eigenvalue weighted by molar-refractivity contribution is 4.75. The van der Waals surface area contributed by atoms with E-state index in [-0.39, 0.29) is 0 Å². The zero-order valence-electron chi connectivity index (χ0n) is 8.75. The Kier molecular flexibility index (Phi) is 4.70. The van der Waals surface area contributed by atoms with Crippen LogP contribution in [0.3, 0.4) is 0 Å². The van der Waals surface area contributed by atoms with Gasteiger partial charge in [0.25, 0.3) is 0 Å². The number of hydrogen-bond donors (Lipinski definition) is 2. The van der Waals surface area contributed by atoms with Crippen LogP contribution >= 0.6 is 0 Å². The van der Waals surface area contributed by atoms with Gasteiger partial charge >= 0.3 is 0 Å². The lowest BCUT2D eigenvalue weighted by atomic mass is 10.0. The first-order valence-corrected chi connectivity index (χ1v) is 5.29. The summed E-state index contributed by atoms with van der Waals surface area (Å²) in [5, 5.41) is 3.50. The highest BCUT2D eigenvalue weighted by atomic mass is 16.5. The van der Waals surface area contributed by atoms with E-state index in [0.717, 1.165) is 26.1 Å². The monoisotopic (exact) mass is 186 g/mol. The maximum atomic E-state index is 5.49. The zero-order chi connectivity index (χ0) is 9.68. The largest absolute Gasteiger partial charge is 0.378 e. The molecule has 1 aliphatic rings. The van der Waals surface area contributed by atoms with Crippen LogP contribution in [0.1, 0.15) is 26.7 Å². The van der Waals surface area contributed by atoms with Gasteiger partial charge in [-0.15, -0.1) is 0 Å². The van der Waals surface area contributed by atoms with Crippen LogP contribution in [-0.2, 0) is 4.74 Å². The van der Waals surface area contributed by atoms with E-state index in [1.165, 1.54) is 6.42 Å². The Balaban J connectivity index is 2.10. The van der Waals surface area contributed by atoms with Gasteiger partial charge in [0.05, 0.1) is 6.10 Å². The SMILES string of the molecule is CC(CCN)NCC1CCOC1C. The summed E-state index contributed by atoms with van der Waals surface area (Å²) in [5.74, 6) is 0.695. The first kappa shape index (κ1) is 11.0. The number of hydrogen-bond acceptors (Lipinski definition) is 3. The summed E-state index contributed by atoms with van der Waals surface area (Å²) < 4.78 is 5.49. The molecule has 1 heterocycles. The number of nitrogens with one attached hydrogen (secondary N) is 1. The molecule has 13 heavy (non-hydrogen) atoms. The normalized spacial score (nSPS) is 30.7. The van der Waals surface area contributed by atoms with Crippen molar-refractivity contribution in [1.82, 2.24) is 5.32 Å². The Hall–Kier alpha value is -0.120. The summed E-state index contributed by atoms with van der Waals surface area (Å²) in [7, 11) is 0. The molecule has 3 N–H and O–H groups in total. The molecule has 78 valence electrons. The maximum absolute atomic E-state index is 5.49. The van der Waals surface area contributed by atoms with E-state index in [0.29, 0.717) is 18.1 Å². The van der Waals surface area contributed by atoms with Gasteiger partial charge in [-0.1, -0.05) is 0 Å². The first-order valence-electron chi connectivity index (χ1n) is 5.29. The number of ether oxygens (including phenoxy) is 1. The van der Waals surface area contributed by atoms with Crippen molar-refractivity contribution in [3.05, 3.63) is 0 Å². The van der Waals surface area contributed by atoms with Crippen molar-refractivity contribution in [2.24, 2.45) is 11.7 Å². The number of nitrogens with two attached hydrogens (primary N) is 1. The Labute approximate surface area is 81.0 Å². The van der Waals surface area contributed by atoms with E-state index in [1.54, 1.807) is 0 Å². The predicted octanol–water partition coefficient (Wildman–Crippen LogP) is 0.738. The lowest BCUT2D eigenvalue weighted by Gasteiger charge is -2.18. The third kappa shape index (κ3) is 3.63. The van der Waals surface area contributed by atoms with Crippen molar-refractivity contribution in [1.29, 1.82) is 0 Å². The fourth-order valence-corrected chi connectivity index (χ4v) is 1.75. The second kappa shape index (κ2) is 5.58. The topological polar surface area (TPSA) is 47.3 Å². The molecule has 1 fully saturated rings. The van der Waals surface area contributed by atoms with Gasteiger partial charge < -0.3 is 15.8 Å². The Bertz CT molecular complexity index is 141. The van der Waals surface area contributed by atoms with Crippen LogP contribution in [0, 0.1) is 5.92 Å². The molecular formula is C10H22N2O. The molecule has 0 saturated carbocycles. The van der Waals surface area contributed by atoms with E-state index in [1.807, 2.05) is 0 Å². The summed E-state index contributed by atoms with van der Waals surface area (Å²) in [6, 6.07) is 0.540. The van der Waals surface area contributed by atoms with Gasteiger partial charge in [0.1, 0.15) is 0 Å². The van der Waals surface area contributed by atoms with Crippen LogP contribution < -0.4 is 11.1 Å². The van der Waals surface area contributed by atoms with E-state index < -0.39 is 0 Å². The third-order valence-corrected chi connectivity index (χ3v) is 2.86. The van der Waals surface area contributed by atoms with Crippen molar-refractivity contribution >= 4 is 0 Å². The highest BCUT2D eigenvalue weighted by Gasteiger charge is 2.23. The van der Waals surface area contributed by atoms with Gasteiger partial charge in [-0.05, 0) is 39.2 Å². The third-order valence-electron chi connectivity index (χ3n) is 2.86. The van der Waals surface area contributed by atoms with E-state index in [2.05, 4.69) is 19.2 Å². The van der Waals surface area contributed by atoms with Gasteiger partial charge in [-0.2, -0.15) is 0 Å². The van der Waals surface area contributed by atoms with E-state index in [4.69, 9.17) is 10.5 Å². The summed E-state index contributed by atoms with van der Waals surface area (Å²) in [6.45, 7) is 7.12. The van der Waals surface area contributed by atoms with Crippen LogP contribution in [-0.4, -0.2) is 31.8 Å². The minimum Gasteiger partial charge on any atom is -0.378 e. The fraction of sp³-hybridized carbons (Fsp3) is 1.00. The predicted molar refractivity (Wildman–Crippen MR) is 54.7 cm³/mol. The van der Waals surface area contributed by atoms with Crippen molar-refractivity contribution in [2.45, 2.75) is 38.8 Å². The van der Waals surface area contributed by atoms with Gasteiger partial charge in [0, 0.05) is 19.2 Å². The highest BCUT2D eigenvalue weighted by Crippen LogP contribution is 2.19. The van der Waals surface area contributed by atoms with Gasteiger partial charge in [0.2, 0.25) is 0 Å². The fourth-order valence-electron chi connectivity index (χ4n) is 1.75. The molecule has 0 aromatic rings. The second-order valence-corrected chi connectivity index (χ2v) is 4.01. The van der Waals surface area contributed by atoms with Crippen molar-refractivity contribution in [3.8, 4) is 0 Å². The quantitative estimate of drug-likeness (QED) is 0.665. The maximum Gasteiger partial charge on any atom is 0.0588 e. The second-order valence-electron chi connectivity index (χ2n) is 4.01. The standard InChI is InChI=1S/C10H22N2O/c1-8(3-5-11)12-7-10-4-6-13-9(10)2/h8-10,12H,3-7,11H2,1-2H3. The van der Waals surface area contributed by atoms with Crippen LogP contribution in [0.15, 0.2) is 0 Å². The van der Waals surface area contributed by atoms with E-state index in [9.17, 15) is 0 Å². The molecule has 0 aromatic heterocycles. The summed E-state index contributed by atoms with van der Waals surface area (Å²) in [5.41, 5.74) is 5.48. The lowest BCUT2D eigenvalue weighted by Crippen LogP contribution is -2.34. The Morgan fingerprint density at radius 3 is 2.92 bits per heavy atom. The molecule has 0 spiro atoms. The van der Waals surface area contributed by atoms with Gasteiger partial charge in [-0.3, -0.25) is 0 Å². The van der Waals surface area contributed by atoms with Crippen molar-refractivity contribution in [3.63, 3.8) is 0 Å². The lowest BCUT2D eigenvalue weighted by molar-refractivity contribution is 0.105. The average molecular weight is 186 g/mol. The molecule has 0 aromatic carbocycles. The molecule has 0 amide bonds. The average Bonchev–Trinajstić information content (AvgIpc) is 2.48. The molecular weight excluding hydrogens is 164 g/mol. The van der Waals surface area contributed by atoms with Crippen molar-refractivity contribution < 1.29 is 4.74 Å². The summed E-state index contributed by atoms with van der Waals surface area (Å²) in [6.07, 6.45) is 2.68. The van der Waals surface area contributed by atoms with Crippen LogP contribution in [0.2, 0.25) is 0 Å². The molecule has 0 radical (unpaired) electrons. The van der Waals surface area contributed by atoms with Gasteiger partial charge in [-0.25, -0.2) is 0 Å². The zero-order valence-corrected chi connectivity index (χ0v) is 8.75. The molecule has 1 aliphatic heterocycles. The van der Waals surface area contributed by atoms with Gasteiger partial charge in [0.15, 0.2) is 0 Å². The molecule has 3 unspecified atom stereocenters. The molecule has 3 atom stereocenters. The summed E-state index contributed by atoms with van der Waals surface area (Å²) >= 11 is 0. The minimum absolute atomic E-state index is 0.428. The molecule has 3 heteroatoms. The molecule has 0 bridgehead atoms. The van der Waals surface area contributed by atoms with Crippen LogP contribution in [0.25, 0.3) is 0 Å².